The number of fused-ring (bicyclic) bond motifs is 1. The maximum Gasteiger partial charge on any atom is 0.419 e. The predicted molar refractivity (Wildman–Crippen MR) is 91.1 cm³/mol. The van der Waals surface area contributed by atoms with Gasteiger partial charge in [0.1, 0.15) is 23.0 Å². The van der Waals surface area contributed by atoms with E-state index in [2.05, 4.69) is 25.0 Å². The van der Waals surface area contributed by atoms with Gasteiger partial charge in [0.2, 0.25) is 0 Å². The summed E-state index contributed by atoms with van der Waals surface area (Å²) in [6, 6.07) is 4.09. The van der Waals surface area contributed by atoms with E-state index in [-0.39, 0.29) is 17.1 Å². The smallest absolute Gasteiger partial charge is 0.383 e. The fraction of sp³-hybridized carbons (Fsp3) is 0.0625. The minimum Gasteiger partial charge on any atom is -0.383 e. The van der Waals surface area contributed by atoms with Crippen LogP contribution in [0, 0.1) is 0 Å². The first-order valence-corrected chi connectivity index (χ1v) is 7.59. The molecule has 4 rings (SSSR count). The number of rotatable bonds is 2. The number of pyridine rings is 1. The molecule has 4 N–H and O–H groups in total. The number of halogens is 3. The molecule has 0 saturated heterocycles. The molecule has 0 radical (unpaired) electrons. The van der Waals surface area contributed by atoms with Crippen molar-refractivity contribution in [2.24, 2.45) is 0 Å². The molecular weight excluding hydrogens is 361 g/mol. The van der Waals surface area contributed by atoms with E-state index in [0.29, 0.717) is 17.0 Å². The lowest BCUT2D eigenvalue weighted by Gasteiger charge is -2.11. The summed E-state index contributed by atoms with van der Waals surface area (Å²) in [6.45, 7) is 0. The van der Waals surface area contributed by atoms with Crippen LogP contribution in [-0.4, -0.2) is 29.5 Å². The van der Waals surface area contributed by atoms with Gasteiger partial charge in [0.25, 0.3) is 0 Å². The number of alkyl halides is 3. The summed E-state index contributed by atoms with van der Waals surface area (Å²) < 4.78 is 40.7. The average molecular weight is 372 g/mol. The maximum atomic E-state index is 13.1. The van der Waals surface area contributed by atoms with Gasteiger partial charge in [-0.15, -0.1) is 0 Å². The van der Waals surface area contributed by atoms with Gasteiger partial charge < -0.3 is 11.5 Å². The molecule has 11 heteroatoms. The van der Waals surface area contributed by atoms with Gasteiger partial charge in [0, 0.05) is 11.8 Å². The Hall–Kier alpha value is -3.76. The van der Waals surface area contributed by atoms with Gasteiger partial charge in [-0.2, -0.15) is 18.3 Å². The molecule has 0 aliphatic heterocycles. The number of nitrogens with zero attached hydrogens (tertiary/aromatic N) is 6. The molecule has 0 aliphatic carbocycles. The number of hydrogen-bond donors (Lipinski definition) is 2. The molecule has 0 unspecified atom stereocenters. The highest BCUT2D eigenvalue weighted by Gasteiger charge is 2.34. The largest absolute Gasteiger partial charge is 0.419 e. The Bertz CT molecular complexity index is 1130. The monoisotopic (exact) mass is 372 g/mol. The van der Waals surface area contributed by atoms with E-state index in [9.17, 15) is 13.2 Å². The SMILES string of the molecule is Nc1cnc(-c2cnc3ccc(-c4cnc(N)c(C(F)(F)F)c4)nn23)cn1. The molecule has 8 nitrogen and oxygen atoms in total. The van der Waals surface area contributed by atoms with E-state index in [4.69, 9.17) is 11.5 Å². The molecule has 0 atom stereocenters. The summed E-state index contributed by atoms with van der Waals surface area (Å²) in [5.41, 5.74) is 11.8. The standard InChI is InChI=1S/C16H11F3N8/c17-16(18,19)9-3-8(4-25-15(9)21)10-1-2-14-24-6-12(27(14)26-10)11-5-23-13(20)7-22-11/h1-7H,(H2,20,23)(H2,21,25). The van der Waals surface area contributed by atoms with Crippen LogP contribution in [0.5, 0.6) is 0 Å². The fourth-order valence-corrected chi connectivity index (χ4v) is 2.51. The van der Waals surface area contributed by atoms with Crippen LogP contribution in [0.25, 0.3) is 28.3 Å². The molecule has 0 fully saturated rings. The number of nitrogen functional groups attached to an aromatic ring is 2. The summed E-state index contributed by atoms with van der Waals surface area (Å²) in [7, 11) is 0. The van der Waals surface area contributed by atoms with Crippen LogP contribution < -0.4 is 11.5 Å². The Kier molecular flexibility index (Phi) is 3.65. The Balaban J connectivity index is 1.85. The minimum atomic E-state index is -4.61. The van der Waals surface area contributed by atoms with Gasteiger partial charge in [-0.25, -0.2) is 24.5 Å². The zero-order valence-electron chi connectivity index (χ0n) is 13.5. The molecule has 4 aromatic heterocycles. The van der Waals surface area contributed by atoms with E-state index < -0.39 is 17.6 Å². The maximum absolute atomic E-state index is 13.1. The van der Waals surface area contributed by atoms with Crippen LogP contribution in [0.1, 0.15) is 5.56 Å². The number of nitrogens with two attached hydrogens (primary N) is 2. The zero-order chi connectivity index (χ0) is 19.2. The normalized spacial score (nSPS) is 11.8. The Morgan fingerprint density at radius 2 is 1.67 bits per heavy atom. The van der Waals surface area contributed by atoms with E-state index in [1.165, 1.54) is 29.3 Å². The van der Waals surface area contributed by atoms with E-state index in [1.54, 1.807) is 12.1 Å². The summed E-state index contributed by atoms with van der Waals surface area (Å²) in [5, 5.41) is 4.36. The van der Waals surface area contributed by atoms with E-state index in [1.807, 2.05) is 0 Å². The zero-order valence-corrected chi connectivity index (χ0v) is 13.5. The van der Waals surface area contributed by atoms with Crippen molar-refractivity contribution in [2.45, 2.75) is 6.18 Å². The highest BCUT2D eigenvalue weighted by atomic mass is 19.4. The molecule has 136 valence electrons. The van der Waals surface area contributed by atoms with Gasteiger partial charge in [0.05, 0.1) is 29.8 Å². The molecule has 0 spiro atoms. The number of aromatic nitrogens is 6. The van der Waals surface area contributed by atoms with Crippen LogP contribution >= 0.6 is 0 Å². The predicted octanol–water partition coefficient (Wildman–Crippen LogP) is 2.43. The molecule has 4 heterocycles. The number of anilines is 2. The molecule has 0 saturated carbocycles. The van der Waals surface area contributed by atoms with Crippen molar-refractivity contribution >= 4 is 17.3 Å². The van der Waals surface area contributed by atoms with E-state index >= 15 is 0 Å². The van der Waals surface area contributed by atoms with Gasteiger partial charge in [0.15, 0.2) is 5.65 Å². The molecule has 27 heavy (non-hydrogen) atoms. The van der Waals surface area contributed by atoms with Crippen molar-refractivity contribution in [3.05, 3.63) is 48.5 Å². The lowest BCUT2D eigenvalue weighted by atomic mass is 10.1. The van der Waals surface area contributed by atoms with Gasteiger partial charge in [-0.05, 0) is 18.2 Å². The lowest BCUT2D eigenvalue weighted by Crippen LogP contribution is -2.10. The van der Waals surface area contributed by atoms with Crippen LogP contribution in [0.2, 0.25) is 0 Å². The summed E-state index contributed by atoms with van der Waals surface area (Å²) in [4.78, 5) is 16.0. The molecule has 0 aromatic carbocycles. The van der Waals surface area contributed by atoms with Crippen molar-refractivity contribution < 1.29 is 13.2 Å². The molecule has 0 bridgehead atoms. The third-order valence-electron chi connectivity index (χ3n) is 3.82. The second-order valence-corrected chi connectivity index (χ2v) is 5.61. The van der Waals surface area contributed by atoms with Crippen molar-refractivity contribution in [2.75, 3.05) is 11.5 Å². The van der Waals surface area contributed by atoms with Gasteiger partial charge in [-0.1, -0.05) is 0 Å². The van der Waals surface area contributed by atoms with Crippen LogP contribution in [0.3, 0.4) is 0 Å². The Morgan fingerprint density at radius 3 is 2.37 bits per heavy atom. The first kappa shape index (κ1) is 16.7. The second kappa shape index (κ2) is 5.90. The quantitative estimate of drug-likeness (QED) is 0.554. The van der Waals surface area contributed by atoms with Gasteiger partial charge in [-0.3, -0.25) is 0 Å². The molecule has 0 amide bonds. The third kappa shape index (κ3) is 2.99. The fourth-order valence-electron chi connectivity index (χ4n) is 2.51. The summed E-state index contributed by atoms with van der Waals surface area (Å²) in [6.07, 6.45) is 1.00. The van der Waals surface area contributed by atoms with Crippen LogP contribution in [-0.2, 0) is 6.18 Å². The van der Waals surface area contributed by atoms with E-state index in [0.717, 1.165) is 6.07 Å². The highest BCUT2D eigenvalue weighted by molar-refractivity contribution is 5.65. The lowest BCUT2D eigenvalue weighted by molar-refractivity contribution is -0.137. The molecule has 4 aromatic rings. The number of imidazole rings is 1. The highest BCUT2D eigenvalue weighted by Crippen LogP contribution is 2.34. The second-order valence-electron chi connectivity index (χ2n) is 5.61. The van der Waals surface area contributed by atoms with Crippen LogP contribution in [0.15, 0.2) is 43.0 Å². The van der Waals surface area contributed by atoms with Crippen molar-refractivity contribution in [1.82, 2.24) is 29.5 Å². The minimum absolute atomic E-state index is 0.168. The summed E-state index contributed by atoms with van der Waals surface area (Å²) in [5.74, 6) is -0.332. The first-order chi connectivity index (χ1) is 12.8. The van der Waals surface area contributed by atoms with Crippen LogP contribution in [0.4, 0.5) is 24.8 Å². The van der Waals surface area contributed by atoms with Gasteiger partial charge >= 0.3 is 6.18 Å². The molecular formula is C16H11F3N8. The topological polar surface area (TPSA) is 121 Å². The first-order valence-electron chi connectivity index (χ1n) is 7.59. The Morgan fingerprint density at radius 1 is 0.852 bits per heavy atom. The summed E-state index contributed by atoms with van der Waals surface area (Å²) >= 11 is 0. The number of hydrogen-bond acceptors (Lipinski definition) is 7. The molecule has 0 aliphatic rings. The average Bonchev–Trinajstić information content (AvgIpc) is 3.05. The Labute approximate surface area is 149 Å². The van der Waals surface area contributed by atoms with Crippen molar-refractivity contribution in [3.63, 3.8) is 0 Å². The van der Waals surface area contributed by atoms with Crippen molar-refractivity contribution in [3.8, 4) is 22.6 Å². The third-order valence-corrected chi connectivity index (χ3v) is 3.82. The van der Waals surface area contributed by atoms with Crippen molar-refractivity contribution in [1.29, 1.82) is 0 Å².